The van der Waals surface area contributed by atoms with Crippen molar-refractivity contribution in [3.05, 3.63) is 82.8 Å². The molecule has 8 rings (SSSR count). The fourth-order valence-electron chi connectivity index (χ4n) is 7.91. The van der Waals surface area contributed by atoms with Crippen LogP contribution in [0.1, 0.15) is 46.1 Å². The quantitative estimate of drug-likeness (QED) is 0.220. The maximum absolute atomic E-state index is 14.0. The van der Waals surface area contributed by atoms with Crippen LogP contribution < -0.4 is 16.2 Å². The van der Waals surface area contributed by atoms with Crippen molar-refractivity contribution in [2.24, 2.45) is 28.2 Å². The molecule has 4 aliphatic rings. The van der Waals surface area contributed by atoms with E-state index in [1.165, 1.54) is 18.6 Å². The number of aromatic nitrogens is 4. The van der Waals surface area contributed by atoms with Crippen molar-refractivity contribution in [1.82, 2.24) is 29.7 Å². The first-order valence-corrected chi connectivity index (χ1v) is 16.6. The molecule has 1 saturated heterocycles. The molecular formula is C36H43FN8O. The van der Waals surface area contributed by atoms with Crippen molar-refractivity contribution in [3.8, 4) is 11.5 Å². The van der Waals surface area contributed by atoms with Crippen molar-refractivity contribution in [2.75, 3.05) is 25.0 Å². The molecule has 2 aromatic heterocycles. The van der Waals surface area contributed by atoms with Crippen LogP contribution in [0.2, 0.25) is 0 Å². The number of guanidine groups is 1. The summed E-state index contributed by atoms with van der Waals surface area (Å²) in [6.07, 6.45) is 7.81. The fourth-order valence-corrected chi connectivity index (χ4v) is 7.91. The van der Waals surface area contributed by atoms with Crippen LogP contribution in [0.4, 0.5) is 10.1 Å². The molecule has 240 valence electrons. The van der Waals surface area contributed by atoms with E-state index in [1.54, 1.807) is 35.3 Å². The van der Waals surface area contributed by atoms with Crippen LogP contribution >= 0.6 is 0 Å². The summed E-state index contributed by atoms with van der Waals surface area (Å²) in [4.78, 5) is 35.4. The third-order valence-electron chi connectivity index (χ3n) is 10.8. The van der Waals surface area contributed by atoms with Gasteiger partial charge in [0.2, 0.25) is 0 Å². The lowest BCUT2D eigenvalue weighted by atomic mass is 9.45. The standard InChI is InChI=1S/C36H43FN8O/c1-22-21-44(16-14-39-22)35(43-30-18-25-17-29(23(30)2)36(25,3)4)41-27-9-10-28-31(19-27)42-33(32-20-38-12-13-40-32)45(34(28)46)15-11-24-5-7-26(37)8-6-24/h5-10,12-13,19-20,22-23,25,29-30,39H,11,14-18,21H2,1-4H3,(H,41,43)/t22-,23-,25+,29-,30-/m0/s1. The number of fused-ring (bicyclic) bond motifs is 3. The minimum absolute atomic E-state index is 0.151. The van der Waals surface area contributed by atoms with Gasteiger partial charge in [0.1, 0.15) is 11.5 Å². The smallest absolute Gasteiger partial charge is 0.261 e. The van der Waals surface area contributed by atoms with Gasteiger partial charge in [0.15, 0.2) is 11.8 Å². The Hall–Kier alpha value is -4.18. The Balaban J connectivity index is 1.23. The largest absolute Gasteiger partial charge is 0.340 e. The number of piperazine rings is 1. The van der Waals surface area contributed by atoms with E-state index in [2.05, 4.69) is 53.2 Å². The SMILES string of the molecule is C[C@@H]1[C@@H](/N=C(/Nc2ccc3c(=O)n(CCc4ccc(F)cc4)c(-c4cnccn4)nc3c2)N2CCN[C@@H](C)C2)C[C@H]2C[C@@H]1C2(C)C. The Morgan fingerprint density at radius 1 is 1.13 bits per heavy atom. The lowest BCUT2D eigenvalue weighted by Crippen LogP contribution is -2.57. The molecule has 2 bridgehead atoms. The normalized spacial score (nSPS) is 25.7. The third kappa shape index (κ3) is 5.79. The van der Waals surface area contributed by atoms with Crippen molar-refractivity contribution >= 4 is 22.5 Å². The van der Waals surface area contributed by atoms with Crippen LogP contribution in [0, 0.1) is 29.0 Å². The summed E-state index contributed by atoms with van der Waals surface area (Å²) in [5, 5.41) is 7.74. The highest BCUT2D eigenvalue weighted by atomic mass is 19.1. The molecule has 9 nitrogen and oxygen atoms in total. The van der Waals surface area contributed by atoms with Gasteiger partial charge in [-0.3, -0.25) is 14.3 Å². The first-order chi connectivity index (χ1) is 22.2. The first-order valence-electron chi connectivity index (χ1n) is 16.6. The second kappa shape index (κ2) is 12.2. The summed E-state index contributed by atoms with van der Waals surface area (Å²) < 4.78 is 15.1. The summed E-state index contributed by atoms with van der Waals surface area (Å²) in [5.41, 5.74) is 3.12. The number of aliphatic imine (C=N–C) groups is 1. The van der Waals surface area contributed by atoms with Crippen LogP contribution in [0.15, 0.2) is 70.8 Å². The van der Waals surface area contributed by atoms with Crippen molar-refractivity contribution in [3.63, 3.8) is 0 Å². The molecule has 3 heterocycles. The highest BCUT2D eigenvalue weighted by Crippen LogP contribution is 2.61. The summed E-state index contributed by atoms with van der Waals surface area (Å²) in [6.45, 7) is 12.4. The van der Waals surface area contributed by atoms with Gasteiger partial charge in [-0.15, -0.1) is 0 Å². The maximum atomic E-state index is 14.0. The van der Waals surface area contributed by atoms with Gasteiger partial charge in [0.05, 0.1) is 23.1 Å². The van der Waals surface area contributed by atoms with Gasteiger partial charge in [-0.25, -0.2) is 19.4 Å². The summed E-state index contributed by atoms with van der Waals surface area (Å²) in [7, 11) is 0. The molecule has 0 unspecified atom stereocenters. The van der Waals surface area contributed by atoms with Gasteiger partial charge < -0.3 is 15.5 Å². The molecule has 10 heteroatoms. The van der Waals surface area contributed by atoms with Crippen LogP contribution in [0.3, 0.4) is 0 Å². The molecule has 0 radical (unpaired) electrons. The van der Waals surface area contributed by atoms with E-state index >= 15 is 0 Å². The number of halogens is 1. The van der Waals surface area contributed by atoms with E-state index in [1.807, 2.05) is 18.2 Å². The average molecular weight is 623 g/mol. The second-order valence-electron chi connectivity index (χ2n) is 14.0. The molecular weight excluding hydrogens is 579 g/mol. The number of anilines is 1. The Kier molecular flexibility index (Phi) is 8.09. The number of benzene rings is 2. The summed E-state index contributed by atoms with van der Waals surface area (Å²) >= 11 is 0. The van der Waals surface area contributed by atoms with E-state index in [9.17, 15) is 9.18 Å². The van der Waals surface area contributed by atoms with Crippen molar-refractivity contribution in [2.45, 2.75) is 65.6 Å². The molecule has 0 amide bonds. The Morgan fingerprint density at radius 2 is 1.96 bits per heavy atom. The molecule has 4 aromatic rings. The lowest BCUT2D eigenvalue weighted by molar-refractivity contribution is -0.108. The molecule has 4 fully saturated rings. The van der Waals surface area contributed by atoms with Gasteiger partial charge in [0, 0.05) is 50.3 Å². The molecule has 1 aliphatic heterocycles. The van der Waals surface area contributed by atoms with E-state index < -0.39 is 0 Å². The molecule has 3 aliphatic carbocycles. The summed E-state index contributed by atoms with van der Waals surface area (Å²) in [6, 6.07) is 12.7. The summed E-state index contributed by atoms with van der Waals surface area (Å²) in [5.74, 6) is 3.01. The van der Waals surface area contributed by atoms with Gasteiger partial charge in [0.25, 0.3) is 5.56 Å². The highest BCUT2D eigenvalue weighted by molar-refractivity contribution is 5.96. The fraction of sp³-hybridized carbons (Fsp3) is 0.472. The minimum atomic E-state index is -0.286. The number of hydrogen-bond donors (Lipinski definition) is 2. The van der Waals surface area contributed by atoms with Gasteiger partial charge in [-0.1, -0.05) is 32.9 Å². The monoisotopic (exact) mass is 622 g/mol. The zero-order valence-corrected chi connectivity index (χ0v) is 27.1. The highest BCUT2D eigenvalue weighted by Gasteiger charge is 2.56. The van der Waals surface area contributed by atoms with Crippen molar-refractivity contribution < 1.29 is 4.39 Å². The Morgan fingerprint density at radius 3 is 2.67 bits per heavy atom. The molecule has 0 spiro atoms. The minimum Gasteiger partial charge on any atom is -0.340 e. The number of rotatable bonds is 6. The van der Waals surface area contributed by atoms with Gasteiger partial charge >= 0.3 is 0 Å². The number of nitrogens with one attached hydrogen (secondary N) is 2. The predicted molar refractivity (Wildman–Crippen MR) is 180 cm³/mol. The van der Waals surface area contributed by atoms with Crippen molar-refractivity contribution in [1.29, 1.82) is 0 Å². The lowest BCUT2D eigenvalue weighted by Gasteiger charge is -2.61. The number of nitrogens with zero attached hydrogens (tertiary/aromatic N) is 6. The van der Waals surface area contributed by atoms with Crippen LogP contribution in [-0.2, 0) is 13.0 Å². The van der Waals surface area contributed by atoms with Crippen LogP contribution in [0.5, 0.6) is 0 Å². The zero-order valence-electron chi connectivity index (χ0n) is 27.1. The molecule has 5 atom stereocenters. The second-order valence-corrected chi connectivity index (χ2v) is 14.0. The van der Waals surface area contributed by atoms with Gasteiger partial charge in [-0.2, -0.15) is 0 Å². The first kappa shape index (κ1) is 30.5. The Bertz CT molecular complexity index is 1810. The van der Waals surface area contributed by atoms with Crippen LogP contribution in [0.25, 0.3) is 22.4 Å². The number of hydrogen-bond acceptors (Lipinski definition) is 6. The average Bonchev–Trinajstić information content (AvgIpc) is 3.05. The topological polar surface area (TPSA) is 100 Å². The molecule has 3 saturated carbocycles. The maximum Gasteiger partial charge on any atom is 0.261 e. The zero-order chi connectivity index (χ0) is 32.0. The number of aryl methyl sites for hydroxylation is 1. The van der Waals surface area contributed by atoms with E-state index in [0.717, 1.165) is 49.2 Å². The van der Waals surface area contributed by atoms with E-state index in [-0.39, 0.29) is 17.4 Å². The third-order valence-corrected chi connectivity index (χ3v) is 10.8. The predicted octanol–water partition coefficient (Wildman–Crippen LogP) is 5.37. The van der Waals surface area contributed by atoms with E-state index in [4.69, 9.17) is 9.98 Å². The van der Waals surface area contributed by atoms with Crippen LogP contribution in [-0.4, -0.2) is 62.1 Å². The van der Waals surface area contributed by atoms with E-state index in [0.29, 0.717) is 58.7 Å². The molecule has 2 aromatic carbocycles. The Labute approximate surface area is 269 Å². The van der Waals surface area contributed by atoms with Gasteiger partial charge in [-0.05, 0) is 85.3 Å². The molecule has 46 heavy (non-hydrogen) atoms. The molecule has 2 N–H and O–H groups in total.